The van der Waals surface area contributed by atoms with Crippen molar-refractivity contribution in [2.24, 2.45) is 4.99 Å². The highest BCUT2D eigenvalue weighted by atomic mass is 35.5. The van der Waals surface area contributed by atoms with Crippen molar-refractivity contribution in [3.8, 4) is 0 Å². The molecule has 1 N–H and O–H groups in total. The first kappa shape index (κ1) is 17.3. The van der Waals surface area contributed by atoms with Gasteiger partial charge in [-0.2, -0.15) is 0 Å². The molecule has 0 saturated heterocycles. The van der Waals surface area contributed by atoms with E-state index in [2.05, 4.69) is 27.4 Å². The van der Waals surface area contributed by atoms with E-state index in [0.29, 0.717) is 6.54 Å². The van der Waals surface area contributed by atoms with Crippen LogP contribution in [0.25, 0.3) is 0 Å². The summed E-state index contributed by atoms with van der Waals surface area (Å²) in [6, 6.07) is 7.85. The van der Waals surface area contributed by atoms with Crippen LogP contribution in [-0.4, -0.2) is 46.3 Å². The molecule has 0 fully saturated rings. The zero-order chi connectivity index (χ0) is 16.7. The minimum Gasteiger partial charge on any atom is -0.354 e. The van der Waals surface area contributed by atoms with Crippen LogP contribution in [0.1, 0.15) is 18.3 Å². The van der Waals surface area contributed by atoms with Crippen molar-refractivity contribution in [3.63, 3.8) is 0 Å². The number of nitrogens with zero attached hydrogens (tertiary/aromatic N) is 5. The Hall–Kier alpha value is -2.08. The van der Waals surface area contributed by atoms with Gasteiger partial charge in [-0.1, -0.05) is 36.7 Å². The Morgan fingerprint density at radius 2 is 2.17 bits per heavy atom. The van der Waals surface area contributed by atoms with Crippen LogP contribution in [-0.2, 0) is 19.5 Å². The van der Waals surface area contributed by atoms with E-state index in [-0.39, 0.29) is 0 Å². The van der Waals surface area contributed by atoms with Gasteiger partial charge in [0, 0.05) is 45.2 Å². The highest BCUT2D eigenvalue weighted by Crippen LogP contribution is 2.16. The number of rotatable bonds is 6. The minimum atomic E-state index is 0.701. The van der Waals surface area contributed by atoms with Gasteiger partial charge in [-0.15, -0.1) is 10.2 Å². The Morgan fingerprint density at radius 3 is 2.87 bits per heavy atom. The first-order chi connectivity index (χ1) is 11.2. The number of aromatic nitrogens is 3. The molecule has 0 aliphatic carbocycles. The number of aryl methyl sites for hydroxylation is 1. The van der Waals surface area contributed by atoms with Gasteiger partial charge in [-0.05, 0) is 11.6 Å². The predicted octanol–water partition coefficient (Wildman–Crippen LogP) is 2.20. The molecule has 0 radical (unpaired) electrons. The summed E-state index contributed by atoms with van der Waals surface area (Å²) in [6.45, 7) is 4.33. The van der Waals surface area contributed by atoms with Crippen molar-refractivity contribution in [2.45, 2.75) is 26.4 Å². The zero-order valence-electron chi connectivity index (χ0n) is 13.8. The van der Waals surface area contributed by atoms with Crippen molar-refractivity contribution in [3.05, 3.63) is 47.0 Å². The highest BCUT2D eigenvalue weighted by Gasteiger charge is 2.09. The van der Waals surface area contributed by atoms with Crippen LogP contribution in [0.3, 0.4) is 0 Å². The van der Waals surface area contributed by atoms with Crippen LogP contribution < -0.4 is 5.32 Å². The van der Waals surface area contributed by atoms with Crippen molar-refractivity contribution in [1.82, 2.24) is 25.0 Å². The van der Waals surface area contributed by atoms with Crippen LogP contribution in [0, 0.1) is 0 Å². The maximum absolute atomic E-state index is 6.22. The Bertz CT molecular complexity index is 652. The van der Waals surface area contributed by atoms with Gasteiger partial charge in [-0.25, -0.2) is 0 Å². The summed E-state index contributed by atoms with van der Waals surface area (Å²) in [4.78, 5) is 6.37. The second kappa shape index (κ2) is 8.53. The molecule has 1 heterocycles. The Morgan fingerprint density at radius 1 is 1.39 bits per heavy atom. The summed E-state index contributed by atoms with van der Waals surface area (Å²) in [5.74, 6) is 1.82. The van der Waals surface area contributed by atoms with Crippen LogP contribution in [0.5, 0.6) is 0 Å². The molecule has 1 aromatic carbocycles. The first-order valence-electron chi connectivity index (χ1n) is 7.67. The smallest absolute Gasteiger partial charge is 0.193 e. The Kier molecular flexibility index (Phi) is 6.40. The third-order valence-corrected chi connectivity index (χ3v) is 3.96. The second-order valence-electron chi connectivity index (χ2n) is 5.22. The fourth-order valence-electron chi connectivity index (χ4n) is 2.37. The predicted molar refractivity (Wildman–Crippen MR) is 93.7 cm³/mol. The summed E-state index contributed by atoms with van der Waals surface area (Å²) in [5, 5.41) is 12.1. The molecule has 2 rings (SSSR count). The molecule has 0 aliphatic heterocycles. The van der Waals surface area contributed by atoms with Crippen LogP contribution >= 0.6 is 11.6 Å². The summed E-state index contributed by atoms with van der Waals surface area (Å²) in [5.41, 5.74) is 1.08. The molecule has 124 valence electrons. The Labute approximate surface area is 142 Å². The van der Waals surface area contributed by atoms with E-state index in [9.17, 15) is 0 Å². The number of halogens is 1. The molecular weight excluding hydrogens is 312 g/mol. The molecule has 23 heavy (non-hydrogen) atoms. The van der Waals surface area contributed by atoms with Crippen molar-refractivity contribution >= 4 is 17.6 Å². The number of hydrogen-bond acceptors (Lipinski definition) is 3. The minimum absolute atomic E-state index is 0.701. The summed E-state index contributed by atoms with van der Waals surface area (Å²) >= 11 is 6.22. The molecule has 2 aromatic rings. The van der Waals surface area contributed by atoms with E-state index in [0.717, 1.165) is 41.9 Å². The van der Waals surface area contributed by atoms with Crippen molar-refractivity contribution in [1.29, 1.82) is 0 Å². The van der Waals surface area contributed by atoms with Crippen molar-refractivity contribution < 1.29 is 0 Å². The van der Waals surface area contributed by atoms with E-state index < -0.39 is 0 Å². The average Bonchev–Trinajstić information content (AvgIpc) is 3.01. The molecule has 7 heteroatoms. The number of nitrogens with one attached hydrogen (secondary N) is 1. The standard InChI is InChI=1S/C16H23ClN6/c1-4-15-21-20-12-23(15)10-9-19-16(18-2)22(3)11-13-7-5-6-8-14(13)17/h5-8,12H,4,9-11H2,1-3H3,(H,18,19). The zero-order valence-corrected chi connectivity index (χ0v) is 14.6. The van der Waals surface area contributed by atoms with Crippen LogP contribution in [0.2, 0.25) is 5.02 Å². The van der Waals surface area contributed by atoms with E-state index in [1.165, 1.54) is 0 Å². The lowest BCUT2D eigenvalue weighted by atomic mass is 10.2. The van der Waals surface area contributed by atoms with Crippen LogP contribution in [0.15, 0.2) is 35.6 Å². The van der Waals surface area contributed by atoms with Gasteiger partial charge in [0.1, 0.15) is 12.2 Å². The summed E-state index contributed by atoms with van der Waals surface area (Å²) in [6.07, 6.45) is 2.64. The van der Waals surface area contributed by atoms with Gasteiger partial charge in [-0.3, -0.25) is 4.99 Å². The molecule has 0 bridgehead atoms. The monoisotopic (exact) mass is 334 g/mol. The number of guanidine groups is 1. The first-order valence-corrected chi connectivity index (χ1v) is 8.05. The molecule has 1 aromatic heterocycles. The molecular formula is C16H23ClN6. The van der Waals surface area contributed by atoms with E-state index >= 15 is 0 Å². The topological polar surface area (TPSA) is 58.3 Å². The lowest BCUT2D eigenvalue weighted by Crippen LogP contribution is -2.39. The number of benzene rings is 1. The number of aliphatic imine (C=N–C) groups is 1. The lowest BCUT2D eigenvalue weighted by molar-refractivity contribution is 0.472. The van der Waals surface area contributed by atoms with Gasteiger partial charge in [0.05, 0.1) is 0 Å². The SMILES string of the molecule is CCc1nncn1CCNC(=NC)N(C)Cc1ccccc1Cl. The summed E-state index contributed by atoms with van der Waals surface area (Å²) < 4.78 is 2.05. The molecule has 0 saturated carbocycles. The van der Waals surface area contributed by atoms with Gasteiger partial charge >= 0.3 is 0 Å². The fourth-order valence-corrected chi connectivity index (χ4v) is 2.56. The van der Waals surface area contributed by atoms with Gasteiger partial charge < -0.3 is 14.8 Å². The molecule has 0 unspecified atom stereocenters. The molecule has 0 atom stereocenters. The molecule has 0 spiro atoms. The molecule has 0 amide bonds. The lowest BCUT2D eigenvalue weighted by Gasteiger charge is -2.22. The normalized spacial score (nSPS) is 11.6. The maximum Gasteiger partial charge on any atom is 0.193 e. The van der Waals surface area contributed by atoms with Gasteiger partial charge in [0.15, 0.2) is 5.96 Å². The fraction of sp³-hybridized carbons (Fsp3) is 0.438. The van der Waals surface area contributed by atoms with E-state index in [1.54, 1.807) is 13.4 Å². The maximum atomic E-state index is 6.22. The van der Waals surface area contributed by atoms with Gasteiger partial charge in [0.2, 0.25) is 0 Å². The summed E-state index contributed by atoms with van der Waals surface area (Å²) in [7, 11) is 3.77. The third kappa shape index (κ3) is 4.69. The quantitative estimate of drug-likeness (QED) is 0.650. The van der Waals surface area contributed by atoms with Crippen molar-refractivity contribution in [2.75, 3.05) is 20.6 Å². The van der Waals surface area contributed by atoms with E-state index in [4.69, 9.17) is 11.6 Å². The average molecular weight is 335 g/mol. The molecule has 6 nitrogen and oxygen atoms in total. The van der Waals surface area contributed by atoms with Gasteiger partial charge in [0.25, 0.3) is 0 Å². The van der Waals surface area contributed by atoms with Crippen LogP contribution in [0.4, 0.5) is 0 Å². The number of hydrogen-bond donors (Lipinski definition) is 1. The van der Waals surface area contributed by atoms with E-state index in [1.807, 2.05) is 40.8 Å². The molecule has 0 aliphatic rings. The Balaban J connectivity index is 1.88. The second-order valence-corrected chi connectivity index (χ2v) is 5.62. The largest absolute Gasteiger partial charge is 0.354 e. The highest BCUT2D eigenvalue weighted by molar-refractivity contribution is 6.31. The third-order valence-electron chi connectivity index (χ3n) is 3.59.